The van der Waals surface area contributed by atoms with E-state index in [0.717, 1.165) is 0 Å². The molecule has 0 aromatic rings. The van der Waals surface area contributed by atoms with Crippen molar-refractivity contribution in [3.05, 3.63) is 11.8 Å². The molecule has 0 radical (unpaired) electrons. The molecule has 2 heterocycles. The molecule has 2 aliphatic rings. The molecule has 0 bridgehead atoms. The molecule has 0 amide bonds. The van der Waals surface area contributed by atoms with Crippen LogP contribution in [0, 0.1) is 0 Å². The van der Waals surface area contributed by atoms with Crippen LogP contribution in [-0.4, -0.2) is 14.9 Å². The molecular weight excluding hydrogens is 402 g/mol. The van der Waals surface area contributed by atoms with Crippen LogP contribution in [0.15, 0.2) is 11.8 Å². The molecule has 7 N–H and O–H groups in total. The Labute approximate surface area is 89.6 Å². The molecule has 2 aliphatic heterocycles. The van der Waals surface area contributed by atoms with Crippen molar-refractivity contribution in [2.45, 2.75) is 6.03 Å². The minimum absolute atomic E-state index is 0.179. The van der Waals surface area contributed by atoms with E-state index in [1.54, 1.807) is 0 Å². The molecule has 0 aromatic carbocycles. The SMILES string of the molecule is NC1=C(NI2CC[I-]2)OC(N)(N)O1. The van der Waals surface area contributed by atoms with Gasteiger partial charge in [-0.25, -0.2) is 0 Å². The molecule has 1 fully saturated rings. The van der Waals surface area contributed by atoms with Crippen LogP contribution >= 0.6 is 16.1 Å². The van der Waals surface area contributed by atoms with Crippen molar-refractivity contribution in [2.75, 3.05) is 8.86 Å². The molecule has 6 nitrogen and oxygen atoms in total. The molecule has 1 saturated heterocycles. The minimum atomic E-state index is -1.58. The summed E-state index contributed by atoms with van der Waals surface area (Å²) in [6, 6.07) is -1.58. The standard InChI is InChI=1S/C5H11I2N4O2/c8-3-4(11-7-2-1-6-7)13-5(9,10)12-3/h11H,1-2,8-10H2/q-1. The number of alkyl halides is 2. The summed E-state index contributed by atoms with van der Waals surface area (Å²) < 4.78 is 16.0. The number of halogens is 2. The first-order chi connectivity index (χ1) is 6.07. The fourth-order valence-electron chi connectivity index (χ4n) is 0.823. The van der Waals surface area contributed by atoms with Gasteiger partial charge in [-0.1, -0.05) is 0 Å². The van der Waals surface area contributed by atoms with Crippen molar-refractivity contribution in [3.63, 3.8) is 0 Å². The Morgan fingerprint density at radius 1 is 1.46 bits per heavy atom. The molecule has 78 valence electrons. The van der Waals surface area contributed by atoms with Crippen molar-refractivity contribution >= 4 is 16.1 Å². The number of nitrogens with one attached hydrogen (secondary N) is 1. The summed E-state index contributed by atoms with van der Waals surface area (Å²) in [6.07, 6.45) is 0. The van der Waals surface area contributed by atoms with Crippen LogP contribution < -0.4 is 38.0 Å². The van der Waals surface area contributed by atoms with E-state index in [4.69, 9.17) is 26.7 Å². The van der Waals surface area contributed by atoms with E-state index in [0.29, 0.717) is 23.1 Å². The summed E-state index contributed by atoms with van der Waals surface area (Å²) in [5.74, 6) is 0.632. The summed E-state index contributed by atoms with van der Waals surface area (Å²) in [6.45, 7) is 0. The van der Waals surface area contributed by atoms with Gasteiger partial charge >= 0.3 is 90.2 Å². The third-order valence-corrected chi connectivity index (χ3v) is 19.1. The van der Waals surface area contributed by atoms with Gasteiger partial charge in [0, 0.05) is 0 Å². The quantitative estimate of drug-likeness (QED) is 0.158. The Bertz CT molecular complexity index is 253. The maximum atomic E-state index is 5.53. The van der Waals surface area contributed by atoms with Crippen LogP contribution in [0.3, 0.4) is 0 Å². The predicted octanol–water partition coefficient (Wildman–Crippen LogP) is -4.32. The van der Waals surface area contributed by atoms with Gasteiger partial charge in [0.25, 0.3) is 0 Å². The van der Waals surface area contributed by atoms with Gasteiger partial charge in [-0.2, -0.15) is 0 Å². The van der Waals surface area contributed by atoms with Gasteiger partial charge in [-0.05, 0) is 0 Å². The van der Waals surface area contributed by atoms with E-state index in [9.17, 15) is 0 Å². The Morgan fingerprint density at radius 2 is 2.15 bits per heavy atom. The predicted molar refractivity (Wildman–Crippen MR) is 51.4 cm³/mol. The normalized spacial score (nSPS) is 28.3. The molecule has 0 unspecified atom stereocenters. The zero-order valence-corrected chi connectivity index (χ0v) is 11.0. The van der Waals surface area contributed by atoms with Gasteiger partial charge in [0.15, 0.2) is 0 Å². The van der Waals surface area contributed by atoms with Crippen molar-refractivity contribution < 1.29 is 26.7 Å². The van der Waals surface area contributed by atoms with Crippen molar-refractivity contribution in [2.24, 2.45) is 17.2 Å². The van der Waals surface area contributed by atoms with E-state index in [1.165, 1.54) is 8.86 Å². The first-order valence-electron chi connectivity index (χ1n) is 3.55. The van der Waals surface area contributed by atoms with Crippen LogP contribution in [0.25, 0.3) is 0 Å². The first kappa shape index (κ1) is 9.86. The van der Waals surface area contributed by atoms with Crippen molar-refractivity contribution in [3.8, 4) is 0 Å². The summed E-state index contributed by atoms with van der Waals surface area (Å²) in [5.41, 5.74) is 16.3. The van der Waals surface area contributed by atoms with Gasteiger partial charge in [0.05, 0.1) is 0 Å². The molecule has 0 saturated carbocycles. The van der Waals surface area contributed by atoms with E-state index in [-0.39, 0.29) is 5.88 Å². The number of hydrogen-bond acceptors (Lipinski definition) is 6. The molecule has 0 aromatic heterocycles. The average Bonchev–Trinajstić information content (AvgIpc) is 2.16. The van der Waals surface area contributed by atoms with E-state index in [1.807, 2.05) is 0 Å². The zero-order chi connectivity index (χ0) is 9.47. The number of hydrogen-bond donors (Lipinski definition) is 4. The Kier molecular flexibility index (Phi) is 2.63. The first-order valence-corrected chi connectivity index (χ1v) is 14.0. The van der Waals surface area contributed by atoms with E-state index < -0.39 is 22.2 Å². The maximum absolute atomic E-state index is 5.53. The Morgan fingerprint density at radius 3 is 2.54 bits per heavy atom. The molecule has 2 rings (SSSR count). The number of ether oxygens (including phenoxy) is 2. The molecule has 8 heteroatoms. The summed E-state index contributed by atoms with van der Waals surface area (Å²) in [7, 11) is 0. The average molecular weight is 413 g/mol. The molecule has 0 spiro atoms. The molecule has 0 aliphatic carbocycles. The summed E-state index contributed by atoms with van der Waals surface area (Å²) in [4.78, 5) is 0. The van der Waals surface area contributed by atoms with Crippen LogP contribution in [0.1, 0.15) is 0 Å². The topological polar surface area (TPSA) is 109 Å². The van der Waals surface area contributed by atoms with Gasteiger partial charge in [-0.15, -0.1) is 0 Å². The van der Waals surface area contributed by atoms with Crippen molar-refractivity contribution in [1.82, 2.24) is 3.53 Å². The van der Waals surface area contributed by atoms with Crippen LogP contribution in [0.5, 0.6) is 0 Å². The zero-order valence-electron chi connectivity index (χ0n) is 6.72. The fourth-order valence-corrected chi connectivity index (χ4v) is 10.6. The molecule has 0 atom stereocenters. The Balaban J connectivity index is 1.94. The monoisotopic (exact) mass is 413 g/mol. The van der Waals surface area contributed by atoms with Crippen molar-refractivity contribution in [1.29, 1.82) is 0 Å². The number of rotatable bonds is 2. The van der Waals surface area contributed by atoms with Gasteiger partial charge in [0.2, 0.25) is 0 Å². The van der Waals surface area contributed by atoms with Gasteiger partial charge in [-0.3, -0.25) is 0 Å². The fraction of sp³-hybridized carbons (Fsp3) is 0.600. The molecule has 13 heavy (non-hydrogen) atoms. The second kappa shape index (κ2) is 3.47. The van der Waals surface area contributed by atoms with Crippen LogP contribution in [0.4, 0.5) is 0 Å². The third kappa shape index (κ3) is 2.22. The van der Waals surface area contributed by atoms with Gasteiger partial charge < -0.3 is 0 Å². The second-order valence-corrected chi connectivity index (χ2v) is 18.0. The van der Waals surface area contributed by atoms with Gasteiger partial charge in [0.1, 0.15) is 0 Å². The van der Waals surface area contributed by atoms with Crippen LogP contribution in [-0.2, 0) is 9.47 Å². The summed E-state index contributed by atoms with van der Waals surface area (Å²) in [5, 5.41) is 0. The third-order valence-electron chi connectivity index (χ3n) is 1.37. The van der Waals surface area contributed by atoms with E-state index in [2.05, 4.69) is 3.53 Å². The number of nitrogens with two attached hydrogens (primary N) is 3. The van der Waals surface area contributed by atoms with Crippen LogP contribution in [0.2, 0.25) is 0 Å². The van der Waals surface area contributed by atoms with E-state index >= 15 is 0 Å². The Hall–Kier alpha value is 0.320. The molecular formula is C5H11I2N4O2-. The second-order valence-electron chi connectivity index (χ2n) is 2.50. The summed E-state index contributed by atoms with van der Waals surface area (Å²) >= 11 is -0.511.